The molecule has 0 unspecified atom stereocenters. The minimum absolute atomic E-state index is 0.0628. The van der Waals surface area contributed by atoms with Gasteiger partial charge in [-0.1, -0.05) is 11.6 Å². The molecule has 0 bridgehead atoms. The van der Waals surface area contributed by atoms with E-state index < -0.39 is 0 Å². The summed E-state index contributed by atoms with van der Waals surface area (Å²) in [6.45, 7) is 2.38. The standard InChI is InChI=1S/C13H14ClN3O2S/c1-9-6-16-13(20-9)17-12(18)3-2-4-19-11-5-10(14)7-15-8-11/h5-8H,2-4H2,1H3,(H,16,17,18). The Labute approximate surface area is 126 Å². The van der Waals surface area contributed by atoms with E-state index in [4.69, 9.17) is 16.3 Å². The number of carbonyl (C=O) groups excluding carboxylic acids is 1. The Hall–Kier alpha value is -1.66. The van der Waals surface area contributed by atoms with Gasteiger partial charge < -0.3 is 10.1 Å². The number of rotatable bonds is 6. The Balaban J connectivity index is 1.67. The highest BCUT2D eigenvalue weighted by molar-refractivity contribution is 7.15. The number of aromatic nitrogens is 2. The number of nitrogens with zero attached hydrogens (tertiary/aromatic N) is 2. The minimum Gasteiger partial charge on any atom is -0.492 e. The van der Waals surface area contributed by atoms with E-state index in [0.29, 0.717) is 35.4 Å². The first-order valence-corrected chi connectivity index (χ1v) is 7.28. The van der Waals surface area contributed by atoms with Crippen molar-refractivity contribution in [1.29, 1.82) is 0 Å². The maximum atomic E-state index is 11.7. The number of hydrogen-bond donors (Lipinski definition) is 1. The van der Waals surface area contributed by atoms with E-state index in [-0.39, 0.29) is 5.91 Å². The summed E-state index contributed by atoms with van der Waals surface area (Å²) in [7, 11) is 0. The number of halogens is 1. The average molecular weight is 312 g/mol. The molecule has 2 aromatic rings. The van der Waals surface area contributed by atoms with Crippen LogP contribution in [-0.2, 0) is 4.79 Å². The topological polar surface area (TPSA) is 64.1 Å². The molecule has 1 amide bonds. The van der Waals surface area contributed by atoms with Crippen molar-refractivity contribution in [3.8, 4) is 5.75 Å². The van der Waals surface area contributed by atoms with Crippen LogP contribution in [0, 0.1) is 6.92 Å². The zero-order valence-corrected chi connectivity index (χ0v) is 12.5. The second-order valence-corrected chi connectivity index (χ2v) is 5.79. The number of thiazole rings is 1. The summed E-state index contributed by atoms with van der Waals surface area (Å²) in [5.74, 6) is 0.542. The second-order valence-electron chi connectivity index (χ2n) is 4.12. The summed E-state index contributed by atoms with van der Waals surface area (Å²) in [6.07, 6.45) is 5.85. The molecular formula is C13H14ClN3O2S. The second kappa shape index (κ2) is 7.21. The van der Waals surface area contributed by atoms with Crippen LogP contribution >= 0.6 is 22.9 Å². The zero-order chi connectivity index (χ0) is 14.4. The van der Waals surface area contributed by atoms with Crippen LogP contribution in [0.3, 0.4) is 0 Å². The normalized spacial score (nSPS) is 10.3. The van der Waals surface area contributed by atoms with E-state index in [2.05, 4.69) is 15.3 Å². The highest BCUT2D eigenvalue weighted by Gasteiger charge is 2.05. The van der Waals surface area contributed by atoms with Crippen molar-refractivity contribution in [2.24, 2.45) is 0 Å². The first kappa shape index (κ1) is 14.7. The molecule has 106 valence electrons. The van der Waals surface area contributed by atoms with Crippen molar-refractivity contribution in [1.82, 2.24) is 9.97 Å². The van der Waals surface area contributed by atoms with Gasteiger partial charge in [0, 0.05) is 29.8 Å². The third-order valence-electron chi connectivity index (χ3n) is 2.36. The summed E-state index contributed by atoms with van der Waals surface area (Å²) in [6, 6.07) is 1.69. The van der Waals surface area contributed by atoms with E-state index in [1.807, 2.05) is 6.92 Å². The summed E-state index contributed by atoms with van der Waals surface area (Å²) < 4.78 is 5.45. The maximum Gasteiger partial charge on any atom is 0.226 e. The van der Waals surface area contributed by atoms with Crippen molar-refractivity contribution in [2.45, 2.75) is 19.8 Å². The van der Waals surface area contributed by atoms with Gasteiger partial charge in [0.2, 0.25) is 5.91 Å². The Kier molecular flexibility index (Phi) is 5.31. The van der Waals surface area contributed by atoms with Gasteiger partial charge in [-0.2, -0.15) is 0 Å². The Morgan fingerprint density at radius 2 is 2.30 bits per heavy atom. The van der Waals surface area contributed by atoms with E-state index >= 15 is 0 Å². The van der Waals surface area contributed by atoms with Crippen LogP contribution in [0.1, 0.15) is 17.7 Å². The fraction of sp³-hybridized carbons (Fsp3) is 0.308. The SMILES string of the molecule is Cc1cnc(NC(=O)CCCOc2cncc(Cl)c2)s1. The van der Waals surface area contributed by atoms with Gasteiger partial charge in [-0.25, -0.2) is 4.98 Å². The van der Waals surface area contributed by atoms with Gasteiger partial charge in [0.25, 0.3) is 0 Å². The molecule has 0 spiro atoms. The Bertz CT molecular complexity index is 589. The lowest BCUT2D eigenvalue weighted by atomic mass is 10.3. The third-order valence-corrected chi connectivity index (χ3v) is 3.40. The first-order chi connectivity index (χ1) is 9.63. The molecule has 5 nitrogen and oxygen atoms in total. The molecule has 2 rings (SSSR count). The molecule has 20 heavy (non-hydrogen) atoms. The minimum atomic E-state index is -0.0628. The van der Waals surface area contributed by atoms with E-state index in [9.17, 15) is 4.79 Å². The van der Waals surface area contributed by atoms with Crippen LogP contribution < -0.4 is 10.1 Å². The van der Waals surface area contributed by atoms with Gasteiger partial charge in [-0.05, 0) is 13.3 Å². The van der Waals surface area contributed by atoms with Crippen LogP contribution in [0.5, 0.6) is 5.75 Å². The van der Waals surface area contributed by atoms with Gasteiger partial charge in [-0.15, -0.1) is 11.3 Å². The number of hydrogen-bond acceptors (Lipinski definition) is 5. The quantitative estimate of drug-likeness (QED) is 0.831. The molecule has 0 aliphatic rings. The number of anilines is 1. The lowest BCUT2D eigenvalue weighted by Crippen LogP contribution is -2.12. The van der Waals surface area contributed by atoms with Crippen LogP contribution in [0.2, 0.25) is 5.02 Å². The summed E-state index contributed by atoms with van der Waals surface area (Å²) in [5, 5.41) is 3.91. The molecule has 7 heteroatoms. The molecule has 0 atom stereocenters. The van der Waals surface area contributed by atoms with Crippen LogP contribution in [0.25, 0.3) is 0 Å². The van der Waals surface area contributed by atoms with Crippen LogP contribution in [0.4, 0.5) is 5.13 Å². The smallest absolute Gasteiger partial charge is 0.226 e. The molecule has 2 aromatic heterocycles. The average Bonchev–Trinajstić information content (AvgIpc) is 2.80. The molecule has 1 N–H and O–H groups in total. The van der Waals surface area contributed by atoms with Crippen LogP contribution in [0.15, 0.2) is 24.7 Å². The zero-order valence-electron chi connectivity index (χ0n) is 10.9. The lowest BCUT2D eigenvalue weighted by Gasteiger charge is -2.05. The highest BCUT2D eigenvalue weighted by atomic mass is 35.5. The number of aryl methyl sites for hydroxylation is 1. The van der Waals surface area contributed by atoms with Gasteiger partial charge in [0.1, 0.15) is 5.75 Å². The molecule has 0 radical (unpaired) electrons. The summed E-state index contributed by atoms with van der Waals surface area (Å²) in [4.78, 5) is 20.7. The fourth-order valence-electron chi connectivity index (χ4n) is 1.49. The van der Waals surface area contributed by atoms with Crippen molar-refractivity contribution in [2.75, 3.05) is 11.9 Å². The Morgan fingerprint density at radius 1 is 1.45 bits per heavy atom. The first-order valence-electron chi connectivity index (χ1n) is 6.09. The number of pyridine rings is 1. The molecule has 0 fully saturated rings. The molecule has 0 aliphatic heterocycles. The fourth-order valence-corrected chi connectivity index (χ4v) is 2.33. The highest BCUT2D eigenvalue weighted by Crippen LogP contribution is 2.17. The summed E-state index contributed by atoms with van der Waals surface area (Å²) >= 11 is 7.24. The van der Waals surface area contributed by atoms with E-state index in [1.165, 1.54) is 17.5 Å². The Morgan fingerprint density at radius 3 is 3.00 bits per heavy atom. The van der Waals surface area contributed by atoms with E-state index in [0.717, 1.165) is 4.88 Å². The van der Waals surface area contributed by atoms with Gasteiger partial charge in [-0.3, -0.25) is 9.78 Å². The van der Waals surface area contributed by atoms with Gasteiger partial charge in [0.15, 0.2) is 5.13 Å². The maximum absolute atomic E-state index is 11.7. The summed E-state index contributed by atoms with van der Waals surface area (Å²) in [5.41, 5.74) is 0. The van der Waals surface area contributed by atoms with Crippen LogP contribution in [-0.4, -0.2) is 22.5 Å². The number of carbonyl (C=O) groups is 1. The largest absolute Gasteiger partial charge is 0.492 e. The van der Waals surface area contributed by atoms with Crippen molar-refractivity contribution in [3.05, 3.63) is 34.6 Å². The predicted octanol–water partition coefficient (Wildman–Crippen LogP) is 3.30. The van der Waals surface area contributed by atoms with Crippen molar-refractivity contribution < 1.29 is 9.53 Å². The van der Waals surface area contributed by atoms with Gasteiger partial charge in [0.05, 0.1) is 17.8 Å². The molecular weight excluding hydrogens is 298 g/mol. The van der Waals surface area contributed by atoms with Gasteiger partial charge >= 0.3 is 0 Å². The molecule has 2 heterocycles. The molecule has 0 saturated heterocycles. The number of amides is 1. The van der Waals surface area contributed by atoms with Crippen molar-refractivity contribution in [3.63, 3.8) is 0 Å². The molecule has 0 saturated carbocycles. The molecule has 0 aliphatic carbocycles. The number of nitrogens with one attached hydrogen (secondary N) is 1. The van der Waals surface area contributed by atoms with E-state index in [1.54, 1.807) is 18.5 Å². The lowest BCUT2D eigenvalue weighted by molar-refractivity contribution is -0.116. The predicted molar refractivity (Wildman–Crippen MR) is 79.5 cm³/mol. The number of ether oxygens (including phenoxy) is 1. The molecule has 0 aromatic carbocycles. The third kappa shape index (κ3) is 4.79. The van der Waals surface area contributed by atoms with Crippen molar-refractivity contribution >= 4 is 34.0 Å². The monoisotopic (exact) mass is 311 g/mol.